The topological polar surface area (TPSA) is 60.7 Å². The van der Waals surface area contributed by atoms with Crippen molar-refractivity contribution in [3.8, 4) is 28.5 Å². The van der Waals surface area contributed by atoms with Gasteiger partial charge in [0, 0.05) is 23.4 Å². The molecule has 144 valence electrons. The van der Waals surface area contributed by atoms with Crippen molar-refractivity contribution in [2.75, 3.05) is 14.2 Å². The van der Waals surface area contributed by atoms with Gasteiger partial charge in [0.15, 0.2) is 0 Å². The highest BCUT2D eigenvalue weighted by Crippen LogP contribution is 2.45. The molecular weight excluding hydrogens is 366 g/mol. The number of nitrogens with zero attached hydrogens (tertiary/aromatic N) is 1. The first kappa shape index (κ1) is 17.4. The average Bonchev–Trinajstić information content (AvgIpc) is 3.23. The molecule has 0 saturated carbocycles. The summed E-state index contributed by atoms with van der Waals surface area (Å²) >= 11 is 0. The lowest BCUT2D eigenvalue weighted by Crippen LogP contribution is -2.06. The number of carbonyl (C=O) groups is 1. The number of hydrogen-bond donors (Lipinski definition) is 1. The molecule has 0 saturated heterocycles. The Morgan fingerprint density at radius 2 is 1.76 bits per heavy atom. The van der Waals surface area contributed by atoms with Crippen molar-refractivity contribution in [2.45, 2.75) is 6.42 Å². The van der Waals surface area contributed by atoms with Gasteiger partial charge in [0.25, 0.3) is 5.91 Å². The Balaban J connectivity index is 1.70. The van der Waals surface area contributed by atoms with Crippen LogP contribution in [0.15, 0.2) is 60.7 Å². The molecule has 0 bridgehead atoms. The van der Waals surface area contributed by atoms with Crippen LogP contribution < -0.4 is 9.47 Å². The lowest BCUT2D eigenvalue weighted by atomic mass is 10.0. The number of phenols is 1. The lowest BCUT2D eigenvalue weighted by molar-refractivity contribution is 0.0973. The normalized spacial score (nSPS) is 12.1. The van der Waals surface area contributed by atoms with Crippen molar-refractivity contribution >= 4 is 16.8 Å². The molecule has 5 heteroatoms. The van der Waals surface area contributed by atoms with Crippen LogP contribution in [-0.4, -0.2) is 29.8 Å². The molecule has 5 nitrogen and oxygen atoms in total. The Hall–Kier alpha value is -3.73. The minimum atomic E-state index is -0.126. The molecule has 1 aromatic heterocycles. The molecule has 0 atom stereocenters. The van der Waals surface area contributed by atoms with Crippen LogP contribution in [0.4, 0.5) is 0 Å². The second-order valence-corrected chi connectivity index (χ2v) is 7.12. The SMILES string of the molecule is COc1cc(OC)c2c(c1)C(=O)n1c-2cc2cc(O)c(Cc3ccccc3)cc21. The molecule has 2 heterocycles. The highest BCUT2D eigenvalue weighted by molar-refractivity contribution is 6.16. The Kier molecular flexibility index (Phi) is 3.84. The van der Waals surface area contributed by atoms with E-state index >= 15 is 0 Å². The van der Waals surface area contributed by atoms with E-state index in [2.05, 4.69) is 0 Å². The van der Waals surface area contributed by atoms with Gasteiger partial charge in [0.2, 0.25) is 0 Å². The quantitative estimate of drug-likeness (QED) is 0.490. The average molecular weight is 385 g/mol. The van der Waals surface area contributed by atoms with Crippen molar-refractivity contribution in [3.63, 3.8) is 0 Å². The first-order chi connectivity index (χ1) is 14.1. The van der Waals surface area contributed by atoms with E-state index in [4.69, 9.17) is 9.47 Å². The summed E-state index contributed by atoms with van der Waals surface area (Å²) in [5.41, 5.74) is 4.70. The molecule has 1 N–H and O–H groups in total. The molecule has 3 aromatic carbocycles. The molecule has 0 aliphatic carbocycles. The maximum absolute atomic E-state index is 13.2. The zero-order valence-corrected chi connectivity index (χ0v) is 16.1. The second-order valence-electron chi connectivity index (χ2n) is 7.12. The highest BCUT2D eigenvalue weighted by Gasteiger charge is 2.32. The maximum Gasteiger partial charge on any atom is 0.263 e. The van der Waals surface area contributed by atoms with Gasteiger partial charge in [-0.1, -0.05) is 30.3 Å². The fraction of sp³-hybridized carbons (Fsp3) is 0.125. The van der Waals surface area contributed by atoms with Crippen molar-refractivity contribution in [3.05, 3.63) is 77.4 Å². The van der Waals surface area contributed by atoms with E-state index in [1.54, 1.807) is 37.0 Å². The Labute approximate surface area is 167 Å². The second kappa shape index (κ2) is 6.41. The van der Waals surface area contributed by atoms with E-state index in [9.17, 15) is 9.90 Å². The molecule has 0 radical (unpaired) electrons. The Morgan fingerprint density at radius 3 is 2.48 bits per heavy atom. The summed E-state index contributed by atoms with van der Waals surface area (Å²) in [4.78, 5) is 13.2. The van der Waals surface area contributed by atoms with Crippen LogP contribution in [-0.2, 0) is 6.42 Å². The fourth-order valence-electron chi connectivity index (χ4n) is 4.07. The third-order valence-corrected chi connectivity index (χ3v) is 5.46. The van der Waals surface area contributed by atoms with Gasteiger partial charge < -0.3 is 14.6 Å². The fourth-order valence-corrected chi connectivity index (χ4v) is 4.07. The minimum Gasteiger partial charge on any atom is -0.508 e. The van der Waals surface area contributed by atoms with Crippen LogP contribution in [0.3, 0.4) is 0 Å². The van der Waals surface area contributed by atoms with Crippen molar-refractivity contribution in [1.29, 1.82) is 0 Å². The summed E-state index contributed by atoms with van der Waals surface area (Å²) in [5.74, 6) is 1.26. The number of ether oxygens (including phenoxy) is 2. The highest BCUT2D eigenvalue weighted by atomic mass is 16.5. The predicted octanol–water partition coefficient (Wildman–Crippen LogP) is 4.62. The van der Waals surface area contributed by atoms with Crippen LogP contribution in [0.5, 0.6) is 17.2 Å². The maximum atomic E-state index is 13.2. The summed E-state index contributed by atoms with van der Waals surface area (Å²) in [7, 11) is 3.14. The standard InChI is InChI=1S/C24H19NO4/c1-28-17-12-18-23(22(13-17)29-2)20-9-15-11-21(26)16(8-14-6-4-3-5-7-14)10-19(15)25(20)24(18)27/h3-7,9-13,26H,8H2,1-2H3. The monoisotopic (exact) mass is 385 g/mol. The number of methoxy groups -OCH3 is 2. The minimum absolute atomic E-state index is 0.126. The largest absolute Gasteiger partial charge is 0.508 e. The predicted molar refractivity (Wildman–Crippen MR) is 111 cm³/mol. The number of aromatic nitrogens is 1. The first-order valence-electron chi connectivity index (χ1n) is 9.33. The molecule has 5 rings (SSSR count). The van der Waals surface area contributed by atoms with Crippen molar-refractivity contribution in [2.24, 2.45) is 0 Å². The van der Waals surface area contributed by atoms with Crippen LogP contribution in [0.1, 0.15) is 21.5 Å². The van der Waals surface area contributed by atoms with Gasteiger partial charge in [0.05, 0.1) is 36.6 Å². The van der Waals surface area contributed by atoms with Crippen LogP contribution in [0.2, 0.25) is 0 Å². The van der Waals surface area contributed by atoms with Crippen LogP contribution in [0.25, 0.3) is 22.2 Å². The van der Waals surface area contributed by atoms with Gasteiger partial charge in [-0.2, -0.15) is 0 Å². The molecule has 0 amide bonds. The summed E-state index contributed by atoms with van der Waals surface area (Å²) in [6.45, 7) is 0. The van der Waals surface area contributed by atoms with E-state index in [1.807, 2.05) is 42.5 Å². The van der Waals surface area contributed by atoms with Crippen molar-refractivity contribution in [1.82, 2.24) is 4.57 Å². The molecule has 4 aromatic rings. The molecule has 0 fully saturated rings. The Bertz CT molecular complexity index is 1270. The third-order valence-electron chi connectivity index (χ3n) is 5.46. The van der Waals surface area contributed by atoms with Gasteiger partial charge in [-0.15, -0.1) is 0 Å². The third kappa shape index (κ3) is 2.58. The Morgan fingerprint density at radius 1 is 0.966 bits per heavy atom. The number of aromatic hydroxyl groups is 1. The number of carbonyl (C=O) groups excluding carboxylic acids is 1. The zero-order chi connectivity index (χ0) is 20.1. The number of phenolic OH excluding ortho intramolecular Hbond substituents is 1. The summed E-state index contributed by atoms with van der Waals surface area (Å²) in [5, 5.41) is 11.4. The van der Waals surface area contributed by atoms with Crippen molar-refractivity contribution < 1.29 is 19.4 Å². The van der Waals surface area contributed by atoms with Crippen LogP contribution in [0, 0.1) is 0 Å². The summed E-state index contributed by atoms with van der Waals surface area (Å²) in [6.07, 6.45) is 0.585. The summed E-state index contributed by atoms with van der Waals surface area (Å²) in [6, 6.07) is 19.0. The molecule has 1 aliphatic rings. The van der Waals surface area contributed by atoms with E-state index in [0.29, 0.717) is 23.5 Å². The lowest BCUT2D eigenvalue weighted by Gasteiger charge is -2.09. The molecule has 0 unspecified atom stereocenters. The van der Waals surface area contributed by atoms with Gasteiger partial charge in [0.1, 0.15) is 17.2 Å². The molecule has 0 spiro atoms. The number of fused-ring (bicyclic) bond motifs is 5. The van der Waals surface area contributed by atoms with Gasteiger partial charge in [-0.3, -0.25) is 9.36 Å². The number of hydrogen-bond acceptors (Lipinski definition) is 4. The smallest absolute Gasteiger partial charge is 0.263 e. The summed E-state index contributed by atoms with van der Waals surface area (Å²) < 4.78 is 12.5. The van der Waals surface area contributed by atoms with E-state index in [0.717, 1.165) is 33.3 Å². The van der Waals surface area contributed by atoms with Gasteiger partial charge in [-0.25, -0.2) is 0 Å². The van der Waals surface area contributed by atoms with Gasteiger partial charge in [-0.05, 0) is 29.8 Å². The molecule has 1 aliphatic heterocycles. The van der Waals surface area contributed by atoms with E-state index < -0.39 is 0 Å². The van der Waals surface area contributed by atoms with E-state index in [1.165, 1.54) is 0 Å². The van der Waals surface area contributed by atoms with Gasteiger partial charge >= 0.3 is 0 Å². The van der Waals surface area contributed by atoms with E-state index in [-0.39, 0.29) is 11.7 Å². The zero-order valence-electron chi connectivity index (χ0n) is 16.1. The van der Waals surface area contributed by atoms with Crippen LogP contribution >= 0.6 is 0 Å². The number of benzene rings is 3. The first-order valence-corrected chi connectivity index (χ1v) is 9.33. The number of rotatable bonds is 4. The molecular formula is C24H19NO4. The molecule has 29 heavy (non-hydrogen) atoms.